The van der Waals surface area contributed by atoms with Gasteiger partial charge in [-0.15, -0.1) is 0 Å². The summed E-state index contributed by atoms with van der Waals surface area (Å²) in [6, 6.07) is 0. The van der Waals surface area contributed by atoms with E-state index in [0.717, 1.165) is 0 Å². The molecular weight excluding hydrogens is 122 g/mol. The van der Waals surface area contributed by atoms with Gasteiger partial charge in [-0.2, -0.15) is 0 Å². The lowest BCUT2D eigenvalue weighted by molar-refractivity contribution is -0.133. The molecule has 0 bridgehead atoms. The highest BCUT2D eigenvalue weighted by Crippen LogP contribution is 2.05. The number of aliphatic hydroxyl groups excluding tert-OH is 1. The van der Waals surface area contributed by atoms with Gasteiger partial charge in [-0.05, 0) is 6.08 Å². The molecule has 0 saturated heterocycles. The molecule has 1 aliphatic heterocycles. The Morgan fingerprint density at radius 3 is 2.78 bits per heavy atom. The van der Waals surface area contributed by atoms with E-state index in [-0.39, 0.29) is 5.70 Å². The molecule has 1 heterocycles. The fraction of sp³-hybridized carbons (Fsp3) is 0.400. The molecule has 1 rings (SSSR count). The van der Waals surface area contributed by atoms with Gasteiger partial charge < -0.3 is 15.5 Å². The molecule has 0 radical (unpaired) electrons. The highest BCUT2D eigenvalue weighted by atomic mass is 16.4. The largest absolute Gasteiger partial charge is 0.477 e. The first-order valence-corrected chi connectivity index (χ1v) is 2.58. The molecule has 0 aliphatic carbocycles. The highest BCUT2D eigenvalue weighted by molar-refractivity contribution is 5.86. The summed E-state index contributed by atoms with van der Waals surface area (Å²) in [5.41, 5.74) is 0.0856. The number of aliphatic carboxylic acids is 1. The maximum Gasteiger partial charge on any atom is 0.351 e. The van der Waals surface area contributed by atoms with Gasteiger partial charge in [0.25, 0.3) is 0 Å². The third-order valence-electron chi connectivity index (χ3n) is 1.10. The third kappa shape index (κ3) is 1.20. The molecule has 1 unspecified atom stereocenters. The van der Waals surface area contributed by atoms with Crippen LogP contribution in [0.1, 0.15) is 6.42 Å². The summed E-state index contributed by atoms with van der Waals surface area (Å²) in [5.74, 6) is -1.02. The molecule has 50 valence electrons. The molecule has 0 aromatic rings. The van der Waals surface area contributed by atoms with Crippen LogP contribution in [0.4, 0.5) is 0 Å². The quantitative estimate of drug-likeness (QED) is 0.436. The summed E-state index contributed by atoms with van der Waals surface area (Å²) >= 11 is 0. The standard InChI is InChI=1S/C5H7NO3/c7-4-2-1-3(6-4)5(8)9/h1,4,6-7H,2H2,(H,8,9). The van der Waals surface area contributed by atoms with Gasteiger partial charge in [-0.1, -0.05) is 0 Å². The van der Waals surface area contributed by atoms with E-state index >= 15 is 0 Å². The first-order valence-electron chi connectivity index (χ1n) is 2.58. The summed E-state index contributed by atoms with van der Waals surface area (Å²) in [7, 11) is 0. The lowest BCUT2D eigenvalue weighted by atomic mass is 10.4. The summed E-state index contributed by atoms with van der Waals surface area (Å²) in [6.07, 6.45) is 1.12. The maximum atomic E-state index is 10.1. The molecule has 1 atom stereocenters. The predicted octanol–water partition coefficient (Wildman–Crippen LogP) is -0.733. The number of nitrogens with one attached hydrogen (secondary N) is 1. The Morgan fingerprint density at radius 2 is 2.56 bits per heavy atom. The zero-order chi connectivity index (χ0) is 6.85. The van der Waals surface area contributed by atoms with Gasteiger partial charge in [0.1, 0.15) is 11.9 Å². The minimum Gasteiger partial charge on any atom is -0.477 e. The van der Waals surface area contributed by atoms with E-state index in [1.165, 1.54) is 6.08 Å². The molecule has 1 aliphatic rings. The van der Waals surface area contributed by atoms with Crippen LogP contribution in [-0.4, -0.2) is 22.4 Å². The third-order valence-corrected chi connectivity index (χ3v) is 1.10. The van der Waals surface area contributed by atoms with Crippen LogP contribution in [0.3, 0.4) is 0 Å². The molecule has 0 saturated carbocycles. The van der Waals surface area contributed by atoms with Crippen LogP contribution in [0.5, 0.6) is 0 Å². The van der Waals surface area contributed by atoms with Crippen LogP contribution in [0.15, 0.2) is 11.8 Å². The van der Waals surface area contributed by atoms with E-state index in [1.807, 2.05) is 0 Å². The van der Waals surface area contributed by atoms with Crippen LogP contribution in [-0.2, 0) is 4.79 Å². The van der Waals surface area contributed by atoms with Gasteiger partial charge in [0.05, 0.1) is 0 Å². The van der Waals surface area contributed by atoms with Crippen molar-refractivity contribution in [1.82, 2.24) is 5.32 Å². The van der Waals surface area contributed by atoms with E-state index in [4.69, 9.17) is 10.2 Å². The second kappa shape index (κ2) is 2.06. The first kappa shape index (κ1) is 6.10. The number of aliphatic hydroxyl groups is 1. The van der Waals surface area contributed by atoms with Crippen molar-refractivity contribution in [3.63, 3.8) is 0 Å². The summed E-state index contributed by atoms with van der Waals surface area (Å²) in [5, 5.41) is 19.4. The summed E-state index contributed by atoms with van der Waals surface area (Å²) in [6.45, 7) is 0. The van der Waals surface area contributed by atoms with Gasteiger partial charge in [-0.3, -0.25) is 0 Å². The Bertz CT molecular complexity index is 164. The zero-order valence-corrected chi connectivity index (χ0v) is 4.66. The monoisotopic (exact) mass is 129 g/mol. The van der Waals surface area contributed by atoms with E-state index in [2.05, 4.69) is 5.32 Å². The topological polar surface area (TPSA) is 69.6 Å². The molecule has 0 aromatic heterocycles. The van der Waals surface area contributed by atoms with Gasteiger partial charge >= 0.3 is 5.97 Å². The molecule has 4 heteroatoms. The number of rotatable bonds is 1. The number of hydrogen-bond donors (Lipinski definition) is 3. The SMILES string of the molecule is O=C(O)C1=CCC(O)N1. The Balaban J connectivity index is 2.55. The minimum absolute atomic E-state index is 0.0856. The second-order valence-electron chi connectivity index (χ2n) is 1.82. The fourth-order valence-electron chi connectivity index (χ4n) is 0.676. The molecule has 0 amide bonds. The number of carboxylic acid groups (broad SMARTS) is 1. The van der Waals surface area contributed by atoms with Crippen molar-refractivity contribution >= 4 is 5.97 Å². The van der Waals surface area contributed by atoms with Crippen molar-refractivity contribution in [2.24, 2.45) is 0 Å². The van der Waals surface area contributed by atoms with Crippen molar-refractivity contribution in [1.29, 1.82) is 0 Å². The van der Waals surface area contributed by atoms with E-state index in [1.54, 1.807) is 0 Å². The summed E-state index contributed by atoms with van der Waals surface area (Å²) in [4.78, 5) is 10.1. The van der Waals surface area contributed by atoms with Crippen molar-refractivity contribution in [2.75, 3.05) is 0 Å². The molecule has 4 nitrogen and oxygen atoms in total. The van der Waals surface area contributed by atoms with Gasteiger partial charge in [0.2, 0.25) is 0 Å². The maximum absolute atomic E-state index is 10.1. The average Bonchev–Trinajstić information content (AvgIpc) is 2.14. The van der Waals surface area contributed by atoms with Crippen LogP contribution in [0, 0.1) is 0 Å². The number of carbonyl (C=O) groups is 1. The molecule has 3 N–H and O–H groups in total. The summed E-state index contributed by atoms with van der Waals surface area (Å²) < 4.78 is 0. The van der Waals surface area contributed by atoms with E-state index in [9.17, 15) is 4.79 Å². The van der Waals surface area contributed by atoms with Crippen molar-refractivity contribution in [2.45, 2.75) is 12.6 Å². The fourth-order valence-corrected chi connectivity index (χ4v) is 0.676. The molecular formula is C5H7NO3. The number of hydrogen-bond acceptors (Lipinski definition) is 3. The first-order chi connectivity index (χ1) is 4.20. The van der Waals surface area contributed by atoms with E-state index < -0.39 is 12.2 Å². The van der Waals surface area contributed by atoms with Crippen molar-refractivity contribution in [3.05, 3.63) is 11.8 Å². The van der Waals surface area contributed by atoms with Crippen LogP contribution in [0.2, 0.25) is 0 Å². The Hall–Kier alpha value is -1.03. The average molecular weight is 129 g/mol. The van der Waals surface area contributed by atoms with Crippen molar-refractivity contribution in [3.8, 4) is 0 Å². The van der Waals surface area contributed by atoms with Gasteiger partial charge in [-0.25, -0.2) is 4.79 Å². The molecule has 0 spiro atoms. The van der Waals surface area contributed by atoms with Crippen molar-refractivity contribution < 1.29 is 15.0 Å². The number of carboxylic acids is 1. The molecule has 0 fully saturated rings. The van der Waals surface area contributed by atoms with Gasteiger partial charge in [0, 0.05) is 6.42 Å². The Morgan fingerprint density at radius 1 is 1.89 bits per heavy atom. The molecule has 0 aromatic carbocycles. The van der Waals surface area contributed by atoms with E-state index in [0.29, 0.717) is 6.42 Å². The highest BCUT2D eigenvalue weighted by Gasteiger charge is 2.16. The minimum atomic E-state index is -1.02. The predicted molar refractivity (Wildman–Crippen MR) is 29.5 cm³/mol. The lowest BCUT2D eigenvalue weighted by Crippen LogP contribution is -2.24. The zero-order valence-electron chi connectivity index (χ0n) is 4.66. The van der Waals surface area contributed by atoms with Crippen LogP contribution < -0.4 is 5.32 Å². The Kier molecular flexibility index (Phi) is 1.40. The Labute approximate surface area is 51.8 Å². The smallest absolute Gasteiger partial charge is 0.351 e. The normalized spacial score (nSPS) is 25.0. The molecule has 9 heavy (non-hydrogen) atoms. The van der Waals surface area contributed by atoms with Crippen LogP contribution >= 0.6 is 0 Å². The van der Waals surface area contributed by atoms with Gasteiger partial charge in [0.15, 0.2) is 0 Å². The van der Waals surface area contributed by atoms with Crippen LogP contribution in [0.25, 0.3) is 0 Å². The second-order valence-corrected chi connectivity index (χ2v) is 1.82. The lowest BCUT2D eigenvalue weighted by Gasteiger charge is -2.01.